The average Bonchev–Trinajstić information content (AvgIpc) is 3.01. The number of nitrogens with zero attached hydrogens (tertiary/aromatic N) is 3. The number of hydrogen-bond acceptors (Lipinski definition) is 5. The molecule has 5 nitrogen and oxygen atoms in total. The van der Waals surface area contributed by atoms with Crippen LogP contribution >= 0.6 is 0 Å². The van der Waals surface area contributed by atoms with E-state index in [9.17, 15) is 0 Å². The van der Waals surface area contributed by atoms with Crippen LogP contribution in [0.4, 0.5) is 0 Å². The van der Waals surface area contributed by atoms with Crippen LogP contribution in [0.15, 0.2) is 21.3 Å². The maximum atomic E-state index is 5.63. The number of hydrogen-bond donors (Lipinski definition) is 0. The van der Waals surface area contributed by atoms with Gasteiger partial charge in [0.15, 0.2) is 11.8 Å². The van der Waals surface area contributed by atoms with E-state index in [1.54, 1.807) is 12.5 Å². The van der Waals surface area contributed by atoms with Crippen molar-refractivity contribution in [1.82, 2.24) is 14.9 Å². The van der Waals surface area contributed by atoms with Crippen molar-refractivity contribution < 1.29 is 8.83 Å². The third-order valence-electron chi connectivity index (χ3n) is 3.76. The minimum absolute atomic E-state index is 0.462. The third kappa shape index (κ3) is 2.71. The van der Waals surface area contributed by atoms with Crippen molar-refractivity contribution in [1.29, 1.82) is 0 Å². The van der Waals surface area contributed by atoms with Gasteiger partial charge in [-0.3, -0.25) is 4.90 Å². The Morgan fingerprint density at radius 2 is 2.11 bits per heavy atom. The highest BCUT2D eigenvalue weighted by atomic mass is 16.4. The summed E-state index contributed by atoms with van der Waals surface area (Å²) in [5, 5.41) is 0. The Labute approximate surface area is 112 Å². The van der Waals surface area contributed by atoms with Gasteiger partial charge >= 0.3 is 0 Å². The van der Waals surface area contributed by atoms with E-state index in [1.165, 1.54) is 0 Å². The van der Waals surface area contributed by atoms with Crippen LogP contribution in [-0.4, -0.2) is 28.0 Å². The summed E-state index contributed by atoms with van der Waals surface area (Å²) in [5.74, 6) is 3.09. The van der Waals surface area contributed by atoms with Gasteiger partial charge in [0.1, 0.15) is 12.0 Å². The van der Waals surface area contributed by atoms with Crippen molar-refractivity contribution in [3.63, 3.8) is 0 Å². The van der Waals surface area contributed by atoms with Crippen LogP contribution in [0.5, 0.6) is 0 Å². The van der Waals surface area contributed by atoms with Crippen LogP contribution in [-0.2, 0) is 6.54 Å². The van der Waals surface area contributed by atoms with E-state index in [-0.39, 0.29) is 0 Å². The zero-order valence-electron chi connectivity index (χ0n) is 11.4. The first-order valence-electron chi connectivity index (χ1n) is 6.77. The summed E-state index contributed by atoms with van der Waals surface area (Å²) in [5.41, 5.74) is 1.01. The minimum Gasteiger partial charge on any atom is -0.449 e. The molecule has 0 amide bonds. The lowest BCUT2D eigenvalue weighted by atomic mass is 9.97. The lowest BCUT2D eigenvalue weighted by molar-refractivity contribution is 0.179. The molecular formula is C14H19N3O2. The molecular weight excluding hydrogens is 242 g/mol. The second kappa shape index (κ2) is 5.17. The second-order valence-electron chi connectivity index (χ2n) is 5.16. The Kier molecular flexibility index (Phi) is 3.38. The number of aromatic nitrogens is 2. The van der Waals surface area contributed by atoms with E-state index in [1.807, 2.05) is 13.8 Å². The van der Waals surface area contributed by atoms with Crippen molar-refractivity contribution in [3.05, 3.63) is 35.7 Å². The molecule has 2 aromatic heterocycles. The summed E-state index contributed by atoms with van der Waals surface area (Å²) >= 11 is 0. The van der Waals surface area contributed by atoms with Gasteiger partial charge in [0.2, 0.25) is 0 Å². The summed E-state index contributed by atoms with van der Waals surface area (Å²) in [7, 11) is 0. The van der Waals surface area contributed by atoms with Gasteiger partial charge in [0.05, 0.1) is 18.4 Å². The van der Waals surface area contributed by atoms with Gasteiger partial charge in [-0.25, -0.2) is 9.97 Å². The lowest BCUT2D eigenvalue weighted by Crippen LogP contribution is -2.32. The summed E-state index contributed by atoms with van der Waals surface area (Å²) < 4.78 is 11.0. The molecule has 0 radical (unpaired) electrons. The molecule has 0 saturated carbocycles. The lowest BCUT2D eigenvalue weighted by Gasteiger charge is -2.29. The van der Waals surface area contributed by atoms with Crippen LogP contribution < -0.4 is 0 Å². The standard InChI is InChI=1S/C14H19N3O2/c1-10-13(19-11(2)16-10)9-17-6-3-12(4-7-17)14-15-5-8-18-14/h5,8,12H,3-4,6-7,9H2,1-2H3. The number of piperidine rings is 1. The molecule has 3 rings (SSSR count). The van der Waals surface area contributed by atoms with E-state index in [2.05, 4.69) is 14.9 Å². The molecule has 0 bridgehead atoms. The zero-order chi connectivity index (χ0) is 13.2. The van der Waals surface area contributed by atoms with Crippen molar-refractivity contribution >= 4 is 0 Å². The molecule has 5 heteroatoms. The molecule has 3 heterocycles. The largest absolute Gasteiger partial charge is 0.449 e. The first-order chi connectivity index (χ1) is 9.22. The van der Waals surface area contributed by atoms with E-state index >= 15 is 0 Å². The molecule has 102 valence electrons. The molecule has 0 atom stereocenters. The Bertz CT molecular complexity index is 525. The molecule has 2 aromatic rings. The molecule has 1 fully saturated rings. The first kappa shape index (κ1) is 12.4. The van der Waals surface area contributed by atoms with Crippen LogP contribution in [0.2, 0.25) is 0 Å². The van der Waals surface area contributed by atoms with Gasteiger partial charge in [-0.05, 0) is 32.9 Å². The topological polar surface area (TPSA) is 55.3 Å². The highest BCUT2D eigenvalue weighted by Crippen LogP contribution is 2.27. The van der Waals surface area contributed by atoms with Crippen molar-refractivity contribution in [2.45, 2.75) is 39.2 Å². The Hall–Kier alpha value is -1.62. The maximum Gasteiger partial charge on any atom is 0.197 e. The molecule has 1 aliphatic rings. The Morgan fingerprint density at radius 3 is 2.68 bits per heavy atom. The van der Waals surface area contributed by atoms with Gasteiger partial charge < -0.3 is 8.83 Å². The molecule has 0 N–H and O–H groups in total. The van der Waals surface area contributed by atoms with Crippen LogP contribution in [0.3, 0.4) is 0 Å². The predicted octanol–water partition coefficient (Wildman–Crippen LogP) is 2.66. The predicted molar refractivity (Wildman–Crippen MR) is 69.7 cm³/mol. The summed E-state index contributed by atoms with van der Waals surface area (Å²) in [6, 6.07) is 0. The van der Waals surface area contributed by atoms with E-state index < -0.39 is 0 Å². The maximum absolute atomic E-state index is 5.63. The summed E-state index contributed by atoms with van der Waals surface area (Å²) in [4.78, 5) is 11.0. The SMILES string of the molecule is Cc1nc(C)c(CN2CCC(c3ncco3)CC2)o1. The van der Waals surface area contributed by atoms with Crippen LogP contribution in [0.25, 0.3) is 0 Å². The summed E-state index contributed by atoms with van der Waals surface area (Å²) in [6.07, 6.45) is 5.56. The number of rotatable bonds is 3. The smallest absolute Gasteiger partial charge is 0.197 e. The average molecular weight is 261 g/mol. The fraction of sp³-hybridized carbons (Fsp3) is 0.571. The molecule has 19 heavy (non-hydrogen) atoms. The van der Waals surface area contributed by atoms with Crippen molar-refractivity contribution in [2.24, 2.45) is 0 Å². The molecule has 0 aliphatic carbocycles. The van der Waals surface area contributed by atoms with Gasteiger partial charge in [-0.1, -0.05) is 0 Å². The molecule has 0 unspecified atom stereocenters. The minimum atomic E-state index is 0.462. The normalized spacial score (nSPS) is 18.0. The number of aryl methyl sites for hydroxylation is 2. The van der Waals surface area contributed by atoms with Gasteiger partial charge in [0, 0.05) is 12.8 Å². The summed E-state index contributed by atoms with van der Waals surface area (Å²) in [6.45, 7) is 6.85. The van der Waals surface area contributed by atoms with E-state index in [4.69, 9.17) is 8.83 Å². The molecule has 1 aliphatic heterocycles. The fourth-order valence-electron chi connectivity index (χ4n) is 2.70. The molecule has 0 spiro atoms. The van der Waals surface area contributed by atoms with Crippen LogP contribution in [0, 0.1) is 13.8 Å². The van der Waals surface area contributed by atoms with Gasteiger partial charge in [0.25, 0.3) is 0 Å². The highest BCUT2D eigenvalue weighted by Gasteiger charge is 2.24. The first-order valence-corrected chi connectivity index (χ1v) is 6.77. The Balaban J connectivity index is 1.57. The van der Waals surface area contributed by atoms with Gasteiger partial charge in [-0.2, -0.15) is 0 Å². The monoisotopic (exact) mass is 261 g/mol. The van der Waals surface area contributed by atoms with Crippen molar-refractivity contribution in [2.75, 3.05) is 13.1 Å². The van der Waals surface area contributed by atoms with Crippen molar-refractivity contribution in [3.8, 4) is 0 Å². The highest BCUT2D eigenvalue weighted by molar-refractivity contribution is 5.07. The van der Waals surface area contributed by atoms with E-state index in [0.717, 1.165) is 55.7 Å². The fourth-order valence-corrected chi connectivity index (χ4v) is 2.70. The molecule has 0 aromatic carbocycles. The number of oxazole rings is 2. The Morgan fingerprint density at radius 1 is 1.32 bits per heavy atom. The van der Waals surface area contributed by atoms with Crippen LogP contribution in [0.1, 0.15) is 42.0 Å². The van der Waals surface area contributed by atoms with Gasteiger partial charge in [-0.15, -0.1) is 0 Å². The third-order valence-corrected chi connectivity index (χ3v) is 3.76. The van der Waals surface area contributed by atoms with E-state index in [0.29, 0.717) is 5.92 Å². The second-order valence-corrected chi connectivity index (χ2v) is 5.16. The molecule has 1 saturated heterocycles. The quantitative estimate of drug-likeness (QED) is 0.850. The zero-order valence-corrected chi connectivity index (χ0v) is 11.4. The number of likely N-dealkylation sites (tertiary alicyclic amines) is 1.